The van der Waals surface area contributed by atoms with Gasteiger partial charge in [0, 0.05) is 24.0 Å². The molecule has 0 spiro atoms. The van der Waals surface area contributed by atoms with Crippen LogP contribution in [0.4, 0.5) is 0 Å². The topological polar surface area (TPSA) is 104 Å². The van der Waals surface area contributed by atoms with E-state index in [4.69, 9.17) is 22.4 Å². The van der Waals surface area contributed by atoms with E-state index in [0.29, 0.717) is 24.7 Å². The normalized spacial score (nSPS) is 20.7. The van der Waals surface area contributed by atoms with E-state index in [0.717, 1.165) is 36.1 Å². The van der Waals surface area contributed by atoms with E-state index in [1.54, 1.807) is 6.92 Å². The lowest BCUT2D eigenvalue weighted by Gasteiger charge is -2.24. The third-order valence-corrected chi connectivity index (χ3v) is 7.27. The number of rotatable bonds is 4. The lowest BCUT2D eigenvalue weighted by atomic mass is 9.91. The van der Waals surface area contributed by atoms with Gasteiger partial charge >= 0.3 is 10.2 Å². The van der Waals surface area contributed by atoms with Gasteiger partial charge in [0.15, 0.2) is 0 Å². The van der Waals surface area contributed by atoms with Crippen LogP contribution in [-0.4, -0.2) is 54.9 Å². The highest BCUT2D eigenvalue weighted by atomic mass is 35.5. The molecule has 10 heteroatoms. The van der Waals surface area contributed by atoms with Crippen molar-refractivity contribution in [3.8, 4) is 0 Å². The Morgan fingerprint density at radius 2 is 1.73 bits per heavy atom. The number of guanidine groups is 1. The van der Waals surface area contributed by atoms with Crippen LogP contribution in [0.1, 0.15) is 43.2 Å². The van der Waals surface area contributed by atoms with Gasteiger partial charge in [-0.15, -0.1) is 4.40 Å². The Morgan fingerprint density at radius 1 is 1.06 bits per heavy atom. The van der Waals surface area contributed by atoms with Crippen molar-refractivity contribution in [2.75, 3.05) is 19.6 Å². The van der Waals surface area contributed by atoms with E-state index in [2.05, 4.69) is 9.39 Å². The van der Waals surface area contributed by atoms with E-state index in [9.17, 15) is 8.42 Å². The van der Waals surface area contributed by atoms with E-state index in [1.807, 2.05) is 54.6 Å². The van der Waals surface area contributed by atoms with Gasteiger partial charge in [0.2, 0.25) is 0 Å². The third kappa shape index (κ3) is 5.61. The number of hydrogen-bond donors (Lipinski definition) is 1. The fraction of sp³-hybridized carbons (Fsp3) is 0.348. The van der Waals surface area contributed by atoms with Crippen LogP contribution in [-0.2, 0) is 10.2 Å². The first-order chi connectivity index (χ1) is 15.8. The van der Waals surface area contributed by atoms with Gasteiger partial charge in [-0.2, -0.15) is 22.8 Å². The molecule has 2 aliphatic rings. The number of benzene rings is 2. The first-order valence-electron chi connectivity index (χ1n) is 10.9. The van der Waals surface area contributed by atoms with Crippen LogP contribution >= 0.6 is 11.6 Å². The van der Waals surface area contributed by atoms with Gasteiger partial charge in [-0.05, 0) is 43.0 Å². The minimum absolute atomic E-state index is 0.0366. The van der Waals surface area contributed by atoms with Crippen molar-refractivity contribution < 1.29 is 8.42 Å². The average molecular weight is 487 g/mol. The lowest BCUT2D eigenvalue weighted by molar-refractivity contribution is 0.346. The Balaban J connectivity index is 1.75. The highest BCUT2D eigenvalue weighted by Gasteiger charge is 2.33. The molecular weight excluding hydrogens is 460 g/mol. The SMILES string of the molecule is C/C(N)=N\C(=N\S(=O)(=O)N1CCCCC1)N1C[C@@H](c2ccccc2)C(c2ccc(Cl)cc2)=N1. The molecule has 0 aliphatic carbocycles. The summed E-state index contributed by atoms with van der Waals surface area (Å²) in [5.74, 6) is 0.0583. The van der Waals surface area contributed by atoms with Crippen molar-refractivity contribution >= 4 is 39.3 Å². The first kappa shape index (κ1) is 23.4. The molecule has 1 fully saturated rings. The maximum atomic E-state index is 13.0. The molecule has 2 heterocycles. The molecule has 1 atom stereocenters. The largest absolute Gasteiger partial charge is 0.387 e. The minimum Gasteiger partial charge on any atom is -0.387 e. The maximum Gasteiger partial charge on any atom is 0.325 e. The van der Waals surface area contributed by atoms with Crippen molar-refractivity contribution in [2.24, 2.45) is 20.2 Å². The zero-order valence-electron chi connectivity index (χ0n) is 18.4. The summed E-state index contributed by atoms with van der Waals surface area (Å²) in [6.45, 7) is 2.89. The Morgan fingerprint density at radius 3 is 2.36 bits per heavy atom. The Hall–Kier alpha value is -2.75. The number of nitrogens with zero attached hydrogens (tertiary/aromatic N) is 5. The molecule has 1 saturated heterocycles. The molecule has 2 aromatic carbocycles. The van der Waals surface area contributed by atoms with Crippen LogP contribution in [0.5, 0.6) is 0 Å². The summed E-state index contributed by atoms with van der Waals surface area (Å²) >= 11 is 6.08. The van der Waals surface area contributed by atoms with Crippen LogP contribution in [0.3, 0.4) is 0 Å². The third-order valence-electron chi connectivity index (χ3n) is 5.60. The average Bonchev–Trinajstić information content (AvgIpc) is 3.25. The van der Waals surface area contributed by atoms with Crippen molar-refractivity contribution in [3.05, 3.63) is 70.7 Å². The Labute approximate surface area is 199 Å². The van der Waals surface area contributed by atoms with E-state index in [-0.39, 0.29) is 17.7 Å². The second-order valence-corrected chi connectivity index (χ2v) is 10.2. The van der Waals surface area contributed by atoms with Gasteiger partial charge in [0.05, 0.1) is 18.1 Å². The zero-order chi connectivity index (χ0) is 23.4. The van der Waals surface area contributed by atoms with Crippen LogP contribution in [0.25, 0.3) is 0 Å². The Kier molecular flexibility index (Phi) is 7.11. The summed E-state index contributed by atoms with van der Waals surface area (Å²) in [5.41, 5.74) is 8.57. The van der Waals surface area contributed by atoms with Crippen molar-refractivity contribution in [1.29, 1.82) is 0 Å². The van der Waals surface area contributed by atoms with Gasteiger partial charge in [-0.3, -0.25) is 0 Å². The number of nitrogens with two attached hydrogens (primary N) is 1. The van der Waals surface area contributed by atoms with Gasteiger partial charge in [-0.1, -0.05) is 60.5 Å². The van der Waals surface area contributed by atoms with Gasteiger partial charge in [0.1, 0.15) is 0 Å². The molecule has 0 amide bonds. The molecular formula is C23H27ClN6O2S. The number of aliphatic imine (C=N–C) groups is 1. The summed E-state index contributed by atoms with van der Waals surface area (Å²) in [6.07, 6.45) is 2.66. The zero-order valence-corrected chi connectivity index (χ0v) is 20.0. The van der Waals surface area contributed by atoms with Gasteiger partial charge in [0.25, 0.3) is 5.96 Å². The summed E-state index contributed by atoms with van der Waals surface area (Å²) < 4.78 is 31.5. The number of amidine groups is 1. The van der Waals surface area contributed by atoms with Crippen LogP contribution in [0.15, 0.2) is 69.1 Å². The number of piperidine rings is 1. The molecule has 2 N–H and O–H groups in total. The lowest BCUT2D eigenvalue weighted by Crippen LogP contribution is -2.36. The number of halogens is 1. The second kappa shape index (κ2) is 10.0. The summed E-state index contributed by atoms with van der Waals surface area (Å²) in [6, 6.07) is 17.4. The fourth-order valence-corrected chi connectivity index (χ4v) is 5.30. The molecule has 0 bridgehead atoms. The molecule has 174 valence electrons. The van der Waals surface area contributed by atoms with Gasteiger partial charge in [-0.25, -0.2) is 5.01 Å². The van der Waals surface area contributed by atoms with Crippen LogP contribution in [0.2, 0.25) is 5.02 Å². The van der Waals surface area contributed by atoms with Crippen molar-refractivity contribution in [3.63, 3.8) is 0 Å². The smallest absolute Gasteiger partial charge is 0.325 e. The molecule has 0 aromatic heterocycles. The second-order valence-electron chi connectivity index (χ2n) is 8.12. The first-order valence-corrected chi connectivity index (χ1v) is 12.7. The summed E-state index contributed by atoms with van der Waals surface area (Å²) in [5, 5.41) is 6.91. The monoisotopic (exact) mass is 486 g/mol. The highest BCUT2D eigenvalue weighted by molar-refractivity contribution is 7.87. The molecule has 0 radical (unpaired) electrons. The van der Waals surface area contributed by atoms with Crippen molar-refractivity contribution in [2.45, 2.75) is 32.1 Å². The molecule has 0 unspecified atom stereocenters. The predicted octanol–water partition coefficient (Wildman–Crippen LogP) is 3.61. The number of hydrazone groups is 1. The molecule has 4 rings (SSSR count). The summed E-state index contributed by atoms with van der Waals surface area (Å²) in [4.78, 5) is 4.25. The quantitative estimate of drug-likeness (QED) is 0.526. The maximum absolute atomic E-state index is 13.0. The molecule has 0 saturated carbocycles. The molecule has 2 aromatic rings. The van der Waals surface area contributed by atoms with E-state index < -0.39 is 10.2 Å². The Bertz CT molecular complexity index is 1170. The van der Waals surface area contributed by atoms with E-state index in [1.165, 1.54) is 9.31 Å². The molecule has 8 nitrogen and oxygen atoms in total. The van der Waals surface area contributed by atoms with E-state index >= 15 is 0 Å². The summed E-state index contributed by atoms with van der Waals surface area (Å²) in [7, 11) is -3.91. The standard InChI is InChI=1S/C23H27ClN6O2S/c1-17(25)26-23(28-33(31,32)29-14-6-3-7-15-29)30-16-21(18-8-4-2-5-9-18)22(27-30)19-10-12-20(24)13-11-19/h2,4-5,8-13,21H,3,6-7,14-16H2,1H3,(H2,25,26,28)/t21-/m0/s1. The fourth-order valence-electron chi connectivity index (χ4n) is 3.99. The minimum atomic E-state index is -3.91. The van der Waals surface area contributed by atoms with Crippen LogP contribution < -0.4 is 5.73 Å². The van der Waals surface area contributed by atoms with Crippen molar-refractivity contribution in [1.82, 2.24) is 9.31 Å². The van der Waals surface area contributed by atoms with Gasteiger partial charge < -0.3 is 5.73 Å². The number of hydrogen-bond acceptors (Lipinski definition) is 3. The van der Waals surface area contributed by atoms with Crippen LogP contribution in [0, 0.1) is 0 Å². The molecule has 33 heavy (non-hydrogen) atoms. The predicted molar refractivity (Wildman–Crippen MR) is 133 cm³/mol. The highest BCUT2D eigenvalue weighted by Crippen LogP contribution is 2.30. The molecule has 2 aliphatic heterocycles.